The second-order valence-corrected chi connectivity index (χ2v) is 6.96. The van der Waals surface area contributed by atoms with Crippen LogP contribution in [0.25, 0.3) is 11.1 Å². The van der Waals surface area contributed by atoms with Crippen molar-refractivity contribution in [2.24, 2.45) is 0 Å². The molecule has 0 spiro atoms. The van der Waals surface area contributed by atoms with E-state index in [0.717, 1.165) is 11.1 Å². The number of fused-ring (bicyclic) bond motifs is 3. The van der Waals surface area contributed by atoms with Gasteiger partial charge in [-0.1, -0.05) is 42.5 Å². The smallest absolute Gasteiger partial charge is 0.408 e. The zero-order valence-electron chi connectivity index (χ0n) is 16.7. The third-order valence-corrected chi connectivity index (χ3v) is 4.78. The molecule has 0 saturated heterocycles. The van der Waals surface area contributed by atoms with Crippen LogP contribution in [0.2, 0.25) is 0 Å². The van der Waals surface area contributed by atoms with Crippen molar-refractivity contribution in [1.82, 2.24) is 10.6 Å². The van der Waals surface area contributed by atoms with Gasteiger partial charge in [-0.25, -0.2) is 4.79 Å². The van der Waals surface area contributed by atoms with Gasteiger partial charge < -0.3 is 20.3 Å². The number of benzene rings is 2. The third kappa shape index (κ3) is 4.96. The zero-order valence-corrected chi connectivity index (χ0v) is 16.7. The minimum absolute atomic E-state index is 0.417. The molecule has 0 aromatic heterocycles. The Hall–Kier alpha value is -3.56. The molecule has 3 amide bonds. The van der Waals surface area contributed by atoms with E-state index in [1.165, 1.54) is 17.1 Å². The molecule has 31 heavy (non-hydrogen) atoms. The summed E-state index contributed by atoms with van der Waals surface area (Å²) in [7, 11) is 1.58. The van der Waals surface area contributed by atoms with E-state index in [1.54, 1.807) is 37.4 Å². The molecule has 3 rings (SSSR count). The summed E-state index contributed by atoms with van der Waals surface area (Å²) < 4.78 is 41.3. The number of nitrogens with zero attached hydrogens (tertiary/aromatic N) is 1. The van der Waals surface area contributed by atoms with Gasteiger partial charge in [-0.15, -0.1) is 0 Å². The summed E-state index contributed by atoms with van der Waals surface area (Å²) in [6.07, 6.45) is -7.43. The van der Waals surface area contributed by atoms with Crippen LogP contribution in [0.5, 0.6) is 0 Å². The van der Waals surface area contributed by atoms with Gasteiger partial charge in [0.25, 0.3) is 11.8 Å². The first kappa shape index (κ1) is 22.1. The van der Waals surface area contributed by atoms with Crippen molar-refractivity contribution < 1.29 is 32.3 Å². The SMILES string of the molecule is CC(OC(=O)NCC(F)(F)F)C(=O)N[C@@H]1C(=O)N(C)c2ccccc2-c2ccccc21. The van der Waals surface area contributed by atoms with Crippen molar-refractivity contribution in [1.29, 1.82) is 0 Å². The number of para-hydroxylation sites is 1. The standard InChI is InChI=1S/C21H20F3N3O4/c1-12(31-20(30)25-11-21(22,23)24)18(28)26-17-15-9-4-3-7-13(15)14-8-5-6-10-16(14)27(2)19(17)29/h3-10,12,17H,11H2,1-2H3,(H,25,30)(H,26,28)/t12?,17-/m0/s1. The first-order valence-corrected chi connectivity index (χ1v) is 9.36. The van der Waals surface area contributed by atoms with E-state index in [4.69, 9.17) is 4.74 Å². The molecular formula is C21H20F3N3O4. The van der Waals surface area contributed by atoms with Gasteiger partial charge in [0.2, 0.25) is 0 Å². The Bertz CT molecular complexity index is 1010. The van der Waals surface area contributed by atoms with Crippen LogP contribution in [-0.4, -0.2) is 43.8 Å². The van der Waals surface area contributed by atoms with Crippen LogP contribution in [0.3, 0.4) is 0 Å². The normalized spacial score (nSPS) is 16.5. The molecule has 10 heteroatoms. The molecule has 2 aromatic rings. The molecule has 0 aliphatic carbocycles. The average molecular weight is 435 g/mol. The number of halogens is 3. The Kier molecular flexibility index (Phi) is 6.19. The van der Waals surface area contributed by atoms with E-state index < -0.39 is 42.8 Å². The number of anilines is 1. The lowest BCUT2D eigenvalue weighted by atomic mass is 9.95. The van der Waals surface area contributed by atoms with Crippen molar-refractivity contribution in [2.45, 2.75) is 25.2 Å². The Morgan fingerprint density at radius 3 is 2.39 bits per heavy atom. The molecule has 0 fully saturated rings. The molecule has 2 N–H and O–H groups in total. The van der Waals surface area contributed by atoms with Crippen molar-refractivity contribution in [3.8, 4) is 11.1 Å². The maximum Gasteiger partial charge on any atom is 0.408 e. The highest BCUT2D eigenvalue weighted by atomic mass is 19.4. The van der Waals surface area contributed by atoms with Gasteiger partial charge in [-0.2, -0.15) is 13.2 Å². The van der Waals surface area contributed by atoms with Gasteiger partial charge in [0.15, 0.2) is 6.10 Å². The quantitative estimate of drug-likeness (QED) is 0.773. The molecule has 2 atom stereocenters. The number of ether oxygens (including phenoxy) is 1. The van der Waals surface area contributed by atoms with Crippen LogP contribution in [0, 0.1) is 0 Å². The number of hydrogen-bond acceptors (Lipinski definition) is 4. The van der Waals surface area contributed by atoms with Crippen molar-refractivity contribution >= 4 is 23.6 Å². The summed E-state index contributed by atoms with van der Waals surface area (Å²) in [5.41, 5.74) is 2.76. The number of carbonyl (C=O) groups is 3. The molecule has 0 saturated carbocycles. The van der Waals surface area contributed by atoms with Crippen molar-refractivity contribution in [3.05, 3.63) is 54.1 Å². The highest BCUT2D eigenvalue weighted by Gasteiger charge is 2.35. The molecule has 1 aliphatic rings. The van der Waals surface area contributed by atoms with E-state index in [9.17, 15) is 27.6 Å². The van der Waals surface area contributed by atoms with Gasteiger partial charge >= 0.3 is 12.3 Å². The monoisotopic (exact) mass is 435 g/mol. The van der Waals surface area contributed by atoms with Gasteiger partial charge in [-0.3, -0.25) is 9.59 Å². The lowest BCUT2D eigenvalue weighted by Crippen LogP contribution is -2.46. The first-order chi connectivity index (χ1) is 14.6. The number of carbonyl (C=O) groups excluding carboxylic acids is 3. The van der Waals surface area contributed by atoms with Crippen LogP contribution in [0.4, 0.5) is 23.7 Å². The molecule has 1 aliphatic heterocycles. The second kappa shape index (κ2) is 8.66. The van der Waals surface area contributed by atoms with Gasteiger partial charge in [0, 0.05) is 12.6 Å². The van der Waals surface area contributed by atoms with E-state index in [-0.39, 0.29) is 0 Å². The lowest BCUT2D eigenvalue weighted by Gasteiger charge is -2.24. The molecule has 1 unspecified atom stereocenters. The number of likely N-dealkylation sites (N-methyl/N-ethyl adjacent to an activating group) is 1. The largest absolute Gasteiger partial charge is 0.436 e. The Labute approximate surface area is 176 Å². The number of amides is 3. The Morgan fingerprint density at radius 1 is 1.10 bits per heavy atom. The van der Waals surface area contributed by atoms with E-state index >= 15 is 0 Å². The minimum Gasteiger partial charge on any atom is -0.436 e. The van der Waals surface area contributed by atoms with E-state index in [1.807, 2.05) is 18.2 Å². The number of hydrogen-bond donors (Lipinski definition) is 2. The van der Waals surface area contributed by atoms with Crippen molar-refractivity contribution in [2.75, 3.05) is 18.5 Å². The van der Waals surface area contributed by atoms with Crippen LogP contribution in [0.1, 0.15) is 18.5 Å². The van der Waals surface area contributed by atoms with Crippen LogP contribution in [0.15, 0.2) is 48.5 Å². The zero-order chi connectivity index (χ0) is 22.8. The van der Waals surface area contributed by atoms with Gasteiger partial charge in [0.05, 0.1) is 5.69 Å². The minimum atomic E-state index is -4.61. The lowest BCUT2D eigenvalue weighted by molar-refractivity contribution is -0.133. The summed E-state index contributed by atoms with van der Waals surface area (Å²) in [4.78, 5) is 38.7. The van der Waals surface area contributed by atoms with Crippen LogP contribution in [-0.2, 0) is 14.3 Å². The van der Waals surface area contributed by atoms with Crippen LogP contribution < -0.4 is 15.5 Å². The van der Waals surface area contributed by atoms with Crippen molar-refractivity contribution in [3.63, 3.8) is 0 Å². The molecular weight excluding hydrogens is 415 g/mol. The number of alkyl halides is 3. The summed E-state index contributed by atoms with van der Waals surface area (Å²) in [6, 6.07) is 13.3. The Balaban J connectivity index is 1.80. The highest BCUT2D eigenvalue weighted by molar-refractivity contribution is 6.06. The fourth-order valence-corrected chi connectivity index (χ4v) is 3.26. The summed E-state index contributed by atoms with van der Waals surface area (Å²) in [5.74, 6) is -1.24. The first-order valence-electron chi connectivity index (χ1n) is 9.36. The molecule has 1 heterocycles. The fraction of sp³-hybridized carbons (Fsp3) is 0.286. The Morgan fingerprint density at radius 2 is 1.71 bits per heavy atom. The van der Waals surface area contributed by atoms with E-state index in [0.29, 0.717) is 11.3 Å². The van der Waals surface area contributed by atoms with Gasteiger partial charge in [0.1, 0.15) is 12.6 Å². The molecule has 2 aromatic carbocycles. The maximum atomic E-state index is 13.1. The topological polar surface area (TPSA) is 87.7 Å². The summed E-state index contributed by atoms with van der Waals surface area (Å²) in [5, 5.41) is 4.07. The maximum absolute atomic E-state index is 13.1. The number of rotatable bonds is 4. The van der Waals surface area contributed by atoms with E-state index in [2.05, 4.69) is 5.32 Å². The molecule has 0 radical (unpaired) electrons. The number of alkyl carbamates (subject to hydrolysis) is 1. The summed E-state index contributed by atoms with van der Waals surface area (Å²) >= 11 is 0. The highest BCUT2D eigenvalue weighted by Crippen LogP contribution is 2.39. The predicted molar refractivity (Wildman–Crippen MR) is 106 cm³/mol. The summed E-state index contributed by atoms with van der Waals surface area (Å²) in [6.45, 7) is -0.383. The van der Waals surface area contributed by atoms with Crippen LogP contribution >= 0.6 is 0 Å². The molecule has 164 valence electrons. The number of nitrogens with one attached hydrogen (secondary N) is 2. The average Bonchev–Trinajstić information content (AvgIpc) is 2.82. The molecule has 0 bridgehead atoms. The second-order valence-electron chi connectivity index (χ2n) is 6.96. The predicted octanol–water partition coefficient (Wildman–Crippen LogP) is 3.16. The fourth-order valence-electron chi connectivity index (χ4n) is 3.26. The third-order valence-electron chi connectivity index (χ3n) is 4.78. The van der Waals surface area contributed by atoms with Gasteiger partial charge in [-0.05, 0) is 24.1 Å². The molecule has 7 nitrogen and oxygen atoms in total.